The van der Waals surface area contributed by atoms with E-state index in [9.17, 15) is 43.2 Å². The number of carbonyl (C=O) groups excluding carboxylic acids is 4. The van der Waals surface area contributed by atoms with Gasteiger partial charge in [0.15, 0.2) is 12.2 Å². The summed E-state index contributed by atoms with van der Waals surface area (Å²) in [5, 5.41) is 10.6. The first kappa shape index (κ1) is 92.1. The van der Waals surface area contributed by atoms with Crippen molar-refractivity contribution >= 4 is 39.5 Å². The molecule has 0 saturated carbocycles. The van der Waals surface area contributed by atoms with E-state index < -0.39 is 97.5 Å². The molecule has 0 aliphatic rings. The molecule has 19 heteroatoms. The summed E-state index contributed by atoms with van der Waals surface area (Å²) in [6, 6.07) is 0. The predicted octanol–water partition coefficient (Wildman–Crippen LogP) is 21.7. The van der Waals surface area contributed by atoms with Crippen LogP contribution in [0.4, 0.5) is 0 Å². The van der Waals surface area contributed by atoms with Crippen LogP contribution in [0.5, 0.6) is 0 Å². The molecule has 3 N–H and O–H groups in total. The standard InChI is InChI=1S/C75H146O17P2/c1-9-68(8)54-46-38-30-25-26-32-40-48-56-73(78)86-62-71(92-75(80)58-50-42-34-24-18-16-21-29-37-45-53-67(6)7)64-90-94(83,84)88-60-69(76)59-87-93(81,82)89-63-70(61-85-72(77)55-47-39-31-22-17-15-20-28-36-44-52-66(4)5)91-74(79)57-49-41-33-23-14-12-10-11-13-19-27-35-43-51-65(2)3/h65-71,76H,9-64H2,1-8H3,(H,81,82)(H,83,84)/t68?,69-,70-,71-/m1/s1. The van der Waals surface area contributed by atoms with Gasteiger partial charge in [-0.05, 0) is 49.4 Å². The Bertz CT molecular complexity index is 1850. The van der Waals surface area contributed by atoms with Gasteiger partial charge in [0.2, 0.25) is 0 Å². The van der Waals surface area contributed by atoms with E-state index in [1.807, 2.05) is 0 Å². The first-order valence-electron chi connectivity index (χ1n) is 38.7. The number of phosphoric acid groups is 2. The smallest absolute Gasteiger partial charge is 0.462 e. The zero-order chi connectivity index (χ0) is 69.6. The van der Waals surface area contributed by atoms with Gasteiger partial charge >= 0.3 is 39.5 Å². The molecule has 0 fully saturated rings. The molecule has 0 heterocycles. The van der Waals surface area contributed by atoms with Gasteiger partial charge in [-0.1, -0.05) is 325 Å². The van der Waals surface area contributed by atoms with E-state index in [0.29, 0.717) is 25.7 Å². The second-order valence-corrected chi connectivity index (χ2v) is 31.6. The average molecular weight is 1380 g/mol. The second kappa shape index (κ2) is 64.4. The van der Waals surface area contributed by atoms with Crippen LogP contribution in [-0.2, 0) is 65.4 Å². The Morgan fingerprint density at radius 3 is 0.755 bits per heavy atom. The maximum absolute atomic E-state index is 13.1. The molecule has 0 aliphatic carbocycles. The van der Waals surface area contributed by atoms with Crippen LogP contribution in [0.2, 0.25) is 0 Å². The van der Waals surface area contributed by atoms with Gasteiger partial charge in [-0.15, -0.1) is 0 Å². The fourth-order valence-corrected chi connectivity index (χ4v) is 12.9. The van der Waals surface area contributed by atoms with Crippen molar-refractivity contribution in [2.24, 2.45) is 23.7 Å². The highest BCUT2D eigenvalue weighted by Gasteiger charge is 2.30. The number of hydrogen-bond donors (Lipinski definition) is 3. The maximum atomic E-state index is 13.1. The van der Waals surface area contributed by atoms with Crippen molar-refractivity contribution in [1.29, 1.82) is 0 Å². The lowest BCUT2D eigenvalue weighted by Gasteiger charge is -2.21. The molecule has 558 valence electrons. The number of unbranched alkanes of at least 4 members (excludes halogenated alkanes) is 37. The normalized spacial score (nSPS) is 14.4. The summed E-state index contributed by atoms with van der Waals surface area (Å²) in [7, 11) is -9.91. The molecular weight excluding hydrogens is 1230 g/mol. The molecule has 17 nitrogen and oxygen atoms in total. The van der Waals surface area contributed by atoms with Gasteiger partial charge in [0, 0.05) is 25.7 Å². The molecule has 0 radical (unpaired) electrons. The van der Waals surface area contributed by atoms with Crippen LogP contribution in [0.3, 0.4) is 0 Å². The molecule has 0 rings (SSSR count). The van der Waals surface area contributed by atoms with E-state index in [2.05, 4.69) is 55.4 Å². The summed E-state index contributed by atoms with van der Waals surface area (Å²) in [4.78, 5) is 72.8. The molecular formula is C75H146O17P2. The Morgan fingerprint density at radius 1 is 0.298 bits per heavy atom. The largest absolute Gasteiger partial charge is 0.472 e. The highest BCUT2D eigenvalue weighted by Crippen LogP contribution is 2.45. The summed E-state index contributed by atoms with van der Waals surface area (Å²) < 4.78 is 68.5. The number of aliphatic hydroxyl groups is 1. The van der Waals surface area contributed by atoms with Crippen molar-refractivity contribution in [2.75, 3.05) is 39.6 Å². The van der Waals surface area contributed by atoms with Crippen molar-refractivity contribution < 1.29 is 80.2 Å². The third-order valence-corrected chi connectivity index (χ3v) is 19.6. The molecule has 0 bridgehead atoms. The third kappa shape index (κ3) is 67.3. The fourth-order valence-electron chi connectivity index (χ4n) is 11.3. The minimum absolute atomic E-state index is 0.105. The summed E-state index contributed by atoms with van der Waals surface area (Å²) in [5.74, 6) is 0.953. The molecule has 3 unspecified atom stereocenters. The Morgan fingerprint density at radius 2 is 0.511 bits per heavy atom. The van der Waals surface area contributed by atoms with Crippen LogP contribution in [0.25, 0.3) is 0 Å². The number of esters is 4. The lowest BCUT2D eigenvalue weighted by Crippen LogP contribution is -2.30. The van der Waals surface area contributed by atoms with Crippen molar-refractivity contribution in [3.8, 4) is 0 Å². The summed E-state index contributed by atoms with van der Waals surface area (Å²) >= 11 is 0. The van der Waals surface area contributed by atoms with Crippen LogP contribution < -0.4 is 0 Å². The van der Waals surface area contributed by atoms with Gasteiger partial charge in [0.25, 0.3) is 0 Å². The molecule has 0 saturated heterocycles. The predicted molar refractivity (Wildman–Crippen MR) is 381 cm³/mol. The van der Waals surface area contributed by atoms with E-state index >= 15 is 0 Å². The van der Waals surface area contributed by atoms with E-state index in [1.54, 1.807) is 0 Å². The molecule has 94 heavy (non-hydrogen) atoms. The van der Waals surface area contributed by atoms with Gasteiger partial charge < -0.3 is 33.8 Å². The van der Waals surface area contributed by atoms with Crippen molar-refractivity contribution in [1.82, 2.24) is 0 Å². The molecule has 0 aliphatic heterocycles. The number of ether oxygens (including phenoxy) is 4. The highest BCUT2D eigenvalue weighted by molar-refractivity contribution is 7.47. The van der Waals surface area contributed by atoms with Crippen LogP contribution in [0.1, 0.15) is 376 Å². The van der Waals surface area contributed by atoms with Crippen LogP contribution in [0, 0.1) is 23.7 Å². The summed E-state index contributed by atoms with van der Waals surface area (Å²) in [5.41, 5.74) is 0. The Kier molecular flexibility index (Phi) is 63.1. The second-order valence-electron chi connectivity index (χ2n) is 28.7. The Labute approximate surface area is 575 Å². The zero-order valence-corrected chi connectivity index (χ0v) is 63.4. The number of hydrogen-bond acceptors (Lipinski definition) is 15. The highest BCUT2D eigenvalue weighted by atomic mass is 31.2. The topological polar surface area (TPSA) is 237 Å². The Hall–Kier alpha value is -1.94. The molecule has 0 aromatic rings. The van der Waals surface area contributed by atoms with Crippen molar-refractivity contribution in [3.05, 3.63) is 0 Å². The zero-order valence-electron chi connectivity index (χ0n) is 61.6. The van der Waals surface area contributed by atoms with E-state index in [-0.39, 0.29) is 25.7 Å². The van der Waals surface area contributed by atoms with Crippen molar-refractivity contribution in [2.45, 2.75) is 395 Å². The average Bonchev–Trinajstić information content (AvgIpc) is 3.27. The quantitative estimate of drug-likeness (QED) is 0.0222. The van der Waals surface area contributed by atoms with Gasteiger partial charge in [-0.25, -0.2) is 9.13 Å². The minimum Gasteiger partial charge on any atom is -0.462 e. The van der Waals surface area contributed by atoms with E-state index in [4.69, 9.17) is 37.0 Å². The lowest BCUT2D eigenvalue weighted by molar-refractivity contribution is -0.161. The van der Waals surface area contributed by atoms with Gasteiger partial charge in [-0.3, -0.25) is 37.3 Å². The van der Waals surface area contributed by atoms with Gasteiger partial charge in [0.1, 0.15) is 19.3 Å². The van der Waals surface area contributed by atoms with E-state index in [1.165, 1.54) is 180 Å². The SMILES string of the molecule is CCC(C)CCCCCCCCCCC(=O)OC[C@H](COP(=O)(O)OC[C@H](O)COP(=O)(O)OC[C@@H](COC(=O)CCCCCCCCCCCCC(C)C)OC(=O)CCCCCCCCCCCCCCCC(C)C)OC(=O)CCCCCCCCCCCCC(C)C. The number of aliphatic hydroxyl groups excluding tert-OH is 1. The van der Waals surface area contributed by atoms with Crippen LogP contribution >= 0.6 is 15.6 Å². The molecule has 0 spiro atoms. The molecule has 6 atom stereocenters. The molecule has 0 aromatic heterocycles. The molecule has 0 amide bonds. The monoisotopic (exact) mass is 1380 g/mol. The van der Waals surface area contributed by atoms with Crippen molar-refractivity contribution in [3.63, 3.8) is 0 Å². The number of phosphoric ester groups is 2. The fraction of sp³-hybridized carbons (Fsp3) is 0.947. The minimum atomic E-state index is -4.96. The first-order chi connectivity index (χ1) is 45.1. The van der Waals surface area contributed by atoms with Crippen LogP contribution in [-0.4, -0.2) is 96.7 Å². The first-order valence-corrected chi connectivity index (χ1v) is 41.7. The summed E-state index contributed by atoms with van der Waals surface area (Å²) in [6.07, 6.45) is 48.4. The molecule has 0 aromatic carbocycles. The maximum Gasteiger partial charge on any atom is 0.472 e. The number of rotatable bonds is 72. The third-order valence-electron chi connectivity index (χ3n) is 17.7. The Balaban J connectivity index is 5.28. The van der Waals surface area contributed by atoms with Gasteiger partial charge in [-0.2, -0.15) is 0 Å². The summed E-state index contributed by atoms with van der Waals surface area (Å²) in [6.45, 7) is 14.2. The van der Waals surface area contributed by atoms with Crippen LogP contribution in [0.15, 0.2) is 0 Å². The number of carbonyl (C=O) groups is 4. The van der Waals surface area contributed by atoms with E-state index in [0.717, 1.165) is 114 Å². The van der Waals surface area contributed by atoms with Gasteiger partial charge in [0.05, 0.1) is 26.4 Å². The lowest BCUT2D eigenvalue weighted by atomic mass is 9.99.